The van der Waals surface area contributed by atoms with Crippen LogP contribution in [0.5, 0.6) is 0 Å². The van der Waals surface area contributed by atoms with E-state index in [2.05, 4.69) is 4.72 Å². The molecule has 122 valence electrons. The Hall–Kier alpha value is -0.190. The minimum Gasteiger partial charge on any atom is -0.213 e. The summed E-state index contributed by atoms with van der Waals surface area (Å²) in [6.45, 7) is 4.25. The van der Waals surface area contributed by atoms with Gasteiger partial charge >= 0.3 is 0 Å². The van der Waals surface area contributed by atoms with Crippen LogP contribution in [0.25, 0.3) is 0 Å². The Morgan fingerprint density at radius 2 is 1.90 bits per heavy atom. The highest BCUT2D eigenvalue weighted by Crippen LogP contribution is 2.25. The number of nitrogens with one attached hydrogen (secondary N) is 1. The molecule has 0 bridgehead atoms. The van der Waals surface area contributed by atoms with Crippen molar-refractivity contribution < 1.29 is 16.8 Å². The minimum absolute atomic E-state index is 0.0115. The van der Waals surface area contributed by atoms with Crippen LogP contribution in [0.1, 0.15) is 13.8 Å². The zero-order chi connectivity index (χ0) is 16.3. The van der Waals surface area contributed by atoms with E-state index in [4.69, 9.17) is 11.6 Å². The number of hydrogen-bond donors (Lipinski definition) is 1. The minimum atomic E-state index is -3.65. The first-order valence-electron chi connectivity index (χ1n) is 6.22. The van der Waals surface area contributed by atoms with Crippen molar-refractivity contribution in [2.75, 3.05) is 25.9 Å². The molecule has 0 aromatic carbocycles. The lowest BCUT2D eigenvalue weighted by atomic mass is 10.2. The van der Waals surface area contributed by atoms with E-state index in [9.17, 15) is 16.8 Å². The van der Waals surface area contributed by atoms with Gasteiger partial charge in [-0.05, 0) is 18.1 Å². The van der Waals surface area contributed by atoms with Crippen LogP contribution >= 0.6 is 22.9 Å². The highest BCUT2D eigenvalue weighted by molar-refractivity contribution is 7.91. The molecule has 0 atom stereocenters. The third-order valence-corrected chi connectivity index (χ3v) is 6.96. The van der Waals surface area contributed by atoms with Crippen LogP contribution in [-0.4, -0.2) is 47.0 Å². The van der Waals surface area contributed by atoms with Crippen LogP contribution < -0.4 is 4.72 Å². The van der Waals surface area contributed by atoms with Crippen LogP contribution in [0.4, 0.5) is 0 Å². The van der Waals surface area contributed by atoms with Gasteiger partial charge in [-0.2, -0.15) is 0 Å². The van der Waals surface area contributed by atoms with Crippen molar-refractivity contribution in [3.63, 3.8) is 0 Å². The monoisotopic (exact) mass is 374 g/mol. The predicted molar refractivity (Wildman–Crippen MR) is 85.8 cm³/mol. The van der Waals surface area contributed by atoms with E-state index in [0.29, 0.717) is 10.9 Å². The van der Waals surface area contributed by atoms with E-state index in [1.807, 2.05) is 13.8 Å². The molecule has 0 radical (unpaired) electrons. The maximum Gasteiger partial charge on any atom is 0.250 e. The van der Waals surface area contributed by atoms with Gasteiger partial charge in [-0.15, -0.1) is 11.3 Å². The summed E-state index contributed by atoms with van der Waals surface area (Å²) in [5.41, 5.74) is 0. The largest absolute Gasteiger partial charge is 0.250 e. The summed E-state index contributed by atoms with van der Waals surface area (Å²) in [6.07, 6.45) is 1.11. The van der Waals surface area contributed by atoms with E-state index >= 15 is 0 Å². The SMILES string of the molecule is CC(C)CN(CCNS(=O)(=O)c1ccc(Cl)s1)S(C)(=O)=O. The molecule has 0 fully saturated rings. The van der Waals surface area contributed by atoms with Gasteiger partial charge < -0.3 is 0 Å². The second-order valence-electron chi connectivity index (χ2n) is 4.97. The van der Waals surface area contributed by atoms with Crippen molar-refractivity contribution in [3.8, 4) is 0 Å². The van der Waals surface area contributed by atoms with Gasteiger partial charge in [0.15, 0.2) is 0 Å². The van der Waals surface area contributed by atoms with Gasteiger partial charge in [0.25, 0.3) is 0 Å². The molecule has 6 nitrogen and oxygen atoms in total. The van der Waals surface area contributed by atoms with E-state index in [0.717, 1.165) is 17.6 Å². The highest BCUT2D eigenvalue weighted by atomic mass is 35.5. The Labute approximate surface area is 135 Å². The van der Waals surface area contributed by atoms with Crippen molar-refractivity contribution >= 4 is 43.0 Å². The molecule has 0 saturated carbocycles. The number of rotatable bonds is 8. The molecule has 1 heterocycles. The molecule has 1 N–H and O–H groups in total. The molecule has 0 amide bonds. The van der Waals surface area contributed by atoms with Crippen LogP contribution in [0.15, 0.2) is 16.3 Å². The third-order valence-electron chi connectivity index (χ3n) is 2.50. The number of thiophene rings is 1. The van der Waals surface area contributed by atoms with Gasteiger partial charge in [-0.3, -0.25) is 0 Å². The number of nitrogens with zero attached hydrogens (tertiary/aromatic N) is 1. The van der Waals surface area contributed by atoms with Gasteiger partial charge in [0.2, 0.25) is 20.0 Å². The fraction of sp³-hybridized carbons (Fsp3) is 0.636. The molecular weight excluding hydrogens is 356 g/mol. The molecular formula is C11H19ClN2O4S3. The number of sulfonamides is 2. The number of halogens is 1. The Morgan fingerprint density at radius 1 is 1.29 bits per heavy atom. The van der Waals surface area contributed by atoms with Crippen LogP contribution in [0.2, 0.25) is 4.34 Å². The van der Waals surface area contributed by atoms with Gasteiger partial charge in [0.1, 0.15) is 4.21 Å². The molecule has 21 heavy (non-hydrogen) atoms. The lowest BCUT2D eigenvalue weighted by molar-refractivity contribution is 0.372. The molecule has 0 aliphatic carbocycles. The maximum atomic E-state index is 12.0. The average Bonchev–Trinajstić information content (AvgIpc) is 2.73. The summed E-state index contributed by atoms with van der Waals surface area (Å²) in [5, 5.41) is 0. The number of hydrogen-bond acceptors (Lipinski definition) is 5. The second kappa shape index (κ2) is 7.38. The van der Waals surface area contributed by atoms with Gasteiger partial charge in [0.05, 0.1) is 10.6 Å². The molecule has 1 aromatic heterocycles. The third kappa shape index (κ3) is 6.21. The summed E-state index contributed by atoms with van der Waals surface area (Å²) in [5.74, 6) is 0.160. The standard InChI is InChI=1S/C11H19ClN2O4S3/c1-9(2)8-14(20(3,15)16)7-6-13-21(17,18)11-5-4-10(12)19-11/h4-5,9,13H,6-8H2,1-3H3. The summed E-state index contributed by atoms with van der Waals surface area (Å²) >= 11 is 6.66. The first kappa shape index (κ1) is 18.9. The molecule has 10 heteroatoms. The quantitative estimate of drug-likeness (QED) is 0.749. The van der Waals surface area contributed by atoms with Crippen molar-refractivity contribution in [1.82, 2.24) is 9.03 Å². The van der Waals surface area contributed by atoms with Crippen LogP contribution in [0, 0.1) is 5.92 Å². The summed E-state index contributed by atoms with van der Waals surface area (Å²) < 4.78 is 51.3. The van der Waals surface area contributed by atoms with Gasteiger partial charge in [-0.1, -0.05) is 25.4 Å². The second-order valence-corrected chi connectivity index (χ2v) is 10.7. The Bertz CT molecular complexity index is 667. The predicted octanol–water partition coefficient (Wildman–Crippen LogP) is 1.60. The van der Waals surface area contributed by atoms with Crippen LogP contribution in [0.3, 0.4) is 0 Å². The fourth-order valence-corrected chi connectivity index (χ4v) is 5.16. The topological polar surface area (TPSA) is 83.6 Å². The van der Waals surface area contributed by atoms with E-state index in [1.54, 1.807) is 0 Å². The molecule has 1 aromatic rings. The molecule has 0 aliphatic heterocycles. The first-order chi connectivity index (χ1) is 9.52. The van der Waals surface area contributed by atoms with E-state index < -0.39 is 20.0 Å². The van der Waals surface area contributed by atoms with Crippen molar-refractivity contribution in [3.05, 3.63) is 16.5 Å². The molecule has 1 rings (SSSR count). The van der Waals surface area contributed by atoms with E-state index in [-0.39, 0.29) is 23.2 Å². The maximum absolute atomic E-state index is 12.0. The smallest absolute Gasteiger partial charge is 0.213 e. The zero-order valence-corrected chi connectivity index (χ0v) is 15.2. The van der Waals surface area contributed by atoms with Gasteiger partial charge in [0, 0.05) is 19.6 Å². The van der Waals surface area contributed by atoms with Crippen molar-refractivity contribution in [2.45, 2.75) is 18.1 Å². The van der Waals surface area contributed by atoms with Crippen molar-refractivity contribution in [2.24, 2.45) is 5.92 Å². The lowest BCUT2D eigenvalue weighted by Crippen LogP contribution is -2.39. The zero-order valence-electron chi connectivity index (χ0n) is 12.0. The normalized spacial score (nSPS) is 13.2. The van der Waals surface area contributed by atoms with E-state index in [1.165, 1.54) is 16.4 Å². The Morgan fingerprint density at radius 3 is 2.33 bits per heavy atom. The summed E-state index contributed by atoms with van der Waals surface area (Å²) in [6, 6.07) is 2.92. The summed E-state index contributed by atoms with van der Waals surface area (Å²) in [7, 11) is -7.00. The van der Waals surface area contributed by atoms with Crippen molar-refractivity contribution in [1.29, 1.82) is 0 Å². The average molecular weight is 375 g/mol. The molecule has 0 saturated heterocycles. The molecule has 0 spiro atoms. The van der Waals surface area contributed by atoms with Crippen LogP contribution in [-0.2, 0) is 20.0 Å². The lowest BCUT2D eigenvalue weighted by Gasteiger charge is -2.21. The first-order valence-corrected chi connectivity index (χ1v) is 10.7. The molecule has 0 aliphatic rings. The Balaban J connectivity index is 2.66. The fourth-order valence-electron chi connectivity index (χ4n) is 1.62. The Kier molecular flexibility index (Phi) is 6.63. The molecule has 0 unspecified atom stereocenters. The highest BCUT2D eigenvalue weighted by Gasteiger charge is 2.20. The summed E-state index contributed by atoms with van der Waals surface area (Å²) in [4.78, 5) is 0. The van der Waals surface area contributed by atoms with Gasteiger partial charge in [-0.25, -0.2) is 25.9 Å².